The largest absolute Gasteiger partial charge is 0.417 e. The Morgan fingerprint density at radius 1 is 1.26 bits per heavy atom. The minimum Gasteiger partial charge on any atom is -0.408 e. The predicted molar refractivity (Wildman–Crippen MR) is 71.4 cm³/mol. The maximum atomic E-state index is 12.4. The van der Waals surface area contributed by atoms with Crippen LogP contribution in [0.1, 0.15) is 19.4 Å². The second kappa shape index (κ2) is 5.74. The molecule has 6 nitrogen and oxygen atoms in total. The molecule has 1 aromatic carbocycles. The minimum atomic E-state index is -3.14. The van der Waals surface area contributed by atoms with Crippen LogP contribution in [0.4, 0.5) is 0 Å². The summed E-state index contributed by atoms with van der Waals surface area (Å²) in [6, 6.07) is 5.13. The number of fused-ring (bicyclic) bond motifs is 1. The Bertz CT molecular complexity index is 649. The van der Waals surface area contributed by atoms with Gasteiger partial charge in [0.1, 0.15) is 0 Å². The molecule has 2 aromatic rings. The van der Waals surface area contributed by atoms with Crippen LogP contribution < -0.4 is 5.76 Å². The highest BCUT2D eigenvalue weighted by Gasteiger charge is 2.24. The van der Waals surface area contributed by atoms with Crippen molar-refractivity contribution >= 4 is 18.7 Å². The zero-order valence-electron chi connectivity index (χ0n) is 10.8. The van der Waals surface area contributed by atoms with Gasteiger partial charge in [0, 0.05) is 0 Å². The maximum Gasteiger partial charge on any atom is 0.417 e. The lowest BCUT2D eigenvalue weighted by Gasteiger charge is -2.16. The standard InChI is InChI=1S/C12H16NO5P/c1-3-16-19(15,17-4-2)8-9-5-6-10-11(7-9)18-12(14)13-10/h5-7H,3-4,8H2,1-2H3,(H,13,14). The molecule has 0 saturated heterocycles. The van der Waals surface area contributed by atoms with Gasteiger partial charge in [-0.15, -0.1) is 0 Å². The van der Waals surface area contributed by atoms with Gasteiger partial charge in [0.05, 0.1) is 24.9 Å². The molecule has 0 aliphatic carbocycles. The Labute approximate surface area is 110 Å². The molecule has 19 heavy (non-hydrogen) atoms. The number of hydrogen-bond acceptors (Lipinski definition) is 5. The molecular formula is C12H16NO5P. The Kier molecular flexibility index (Phi) is 4.24. The number of hydrogen-bond donors (Lipinski definition) is 1. The number of aromatic nitrogens is 1. The first-order valence-electron chi connectivity index (χ1n) is 6.06. The maximum absolute atomic E-state index is 12.4. The van der Waals surface area contributed by atoms with Crippen molar-refractivity contribution in [3.05, 3.63) is 34.3 Å². The van der Waals surface area contributed by atoms with E-state index in [2.05, 4.69) is 4.98 Å². The van der Waals surface area contributed by atoms with Crippen LogP contribution in [0.3, 0.4) is 0 Å². The quantitative estimate of drug-likeness (QED) is 0.825. The molecule has 1 heterocycles. The van der Waals surface area contributed by atoms with E-state index in [4.69, 9.17) is 13.5 Å². The monoisotopic (exact) mass is 285 g/mol. The van der Waals surface area contributed by atoms with E-state index < -0.39 is 13.4 Å². The Balaban J connectivity index is 2.28. The highest BCUT2D eigenvalue weighted by molar-refractivity contribution is 7.53. The number of nitrogens with one attached hydrogen (secondary N) is 1. The van der Waals surface area contributed by atoms with Crippen LogP contribution in [0, 0.1) is 0 Å². The summed E-state index contributed by atoms with van der Waals surface area (Å²) in [7, 11) is -3.14. The molecular weight excluding hydrogens is 269 g/mol. The molecule has 104 valence electrons. The number of rotatable bonds is 6. The molecule has 0 amide bonds. The van der Waals surface area contributed by atoms with Gasteiger partial charge in [-0.1, -0.05) is 6.07 Å². The van der Waals surface area contributed by atoms with E-state index in [0.29, 0.717) is 24.3 Å². The molecule has 1 N–H and O–H groups in total. The van der Waals surface area contributed by atoms with E-state index in [1.165, 1.54) is 0 Å². The van der Waals surface area contributed by atoms with Crippen molar-refractivity contribution < 1.29 is 18.0 Å². The van der Waals surface area contributed by atoms with Gasteiger partial charge in [0.2, 0.25) is 0 Å². The summed E-state index contributed by atoms with van der Waals surface area (Å²) in [6.45, 7) is 4.16. The molecule has 0 atom stereocenters. The van der Waals surface area contributed by atoms with Crippen LogP contribution in [-0.2, 0) is 19.8 Å². The molecule has 0 fully saturated rings. The van der Waals surface area contributed by atoms with Gasteiger partial charge in [-0.2, -0.15) is 0 Å². The van der Waals surface area contributed by atoms with Crippen LogP contribution >= 0.6 is 7.60 Å². The van der Waals surface area contributed by atoms with Crippen molar-refractivity contribution in [2.75, 3.05) is 13.2 Å². The van der Waals surface area contributed by atoms with Crippen LogP contribution in [0.25, 0.3) is 11.1 Å². The Morgan fingerprint density at radius 2 is 1.95 bits per heavy atom. The fourth-order valence-corrected chi connectivity index (χ4v) is 3.52. The van der Waals surface area contributed by atoms with Crippen molar-refractivity contribution in [3.8, 4) is 0 Å². The second-order valence-electron chi connectivity index (χ2n) is 3.95. The van der Waals surface area contributed by atoms with E-state index in [1.54, 1.807) is 32.0 Å². The molecule has 1 aromatic heterocycles. The van der Waals surface area contributed by atoms with Crippen molar-refractivity contribution in [2.24, 2.45) is 0 Å². The molecule has 0 unspecified atom stereocenters. The molecule has 0 radical (unpaired) electrons. The number of benzene rings is 1. The van der Waals surface area contributed by atoms with Gasteiger partial charge in [-0.05, 0) is 31.5 Å². The molecule has 0 bridgehead atoms. The topological polar surface area (TPSA) is 81.5 Å². The summed E-state index contributed by atoms with van der Waals surface area (Å²) in [5.41, 5.74) is 1.78. The first kappa shape index (κ1) is 14.1. The van der Waals surface area contributed by atoms with Gasteiger partial charge in [0.25, 0.3) is 0 Å². The van der Waals surface area contributed by atoms with Crippen LogP contribution in [0.2, 0.25) is 0 Å². The first-order valence-corrected chi connectivity index (χ1v) is 7.79. The summed E-state index contributed by atoms with van der Waals surface area (Å²) < 4.78 is 27.8. The third kappa shape index (κ3) is 3.35. The summed E-state index contributed by atoms with van der Waals surface area (Å²) in [5, 5.41) is 0. The van der Waals surface area contributed by atoms with E-state index in [0.717, 1.165) is 5.56 Å². The van der Waals surface area contributed by atoms with E-state index in [1.807, 2.05) is 0 Å². The SMILES string of the molecule is CCOP(=O)(Cc1ccc2[nH]c(=O)oc2c1)OCC. The molecule has 0 saturated carbocycles. The van der Waals surface area contributed by atoms with Gasteiger partial charge >= 0.3 is 13.4 Å². The number of oxazole rings is 1. The molecule has 0 aliphatic heterocycles. The van der Waals surface area contributed by atoms with E-state index >= 15 is 0 Å². The summed E-state index contributed by atoms with van der Waals surface area (Å²) in [5.74, 6) is -0.509. The predicted octanol–water partition coefficient (Wildman–Crippen LogP) is 2.89. The van der Waals surface area contributed by atoms with Crippen molar-refractivity contribution in [3.63, 3.8) is 0 Å². The van der Waals surface area contributed by atoms with Crippen molar-refractivity contribution in [1.82, 2.24) is 4.98 Å². The first-order chi connectivity index (χ1) is 9.06. The summed E-state index contributed by atoms with van der Waals surface area (Å²) >= 11 is 0. The van der Waals surface area contributed by atoms with E-state index in [-0.39, 0.29) is 6.16 Å². The van der Waals surface area contributed by atoms with Crippen LogP contribution in [-0.4, -0.2) is 18.2 Å². The Morgan fingerprint density at radius 3 is 2.58 bits per heavy atom. The fourth-order valence-electron chi connectivity index (χ4n) is 1.83. The normalized spacial score (nSPS) is 12.1. The second-order valence-corrected chi connectivity index (χ2v) is 6.00. The third-order valence-electron chi connectivity index (χ3n) is 2.51. The van der Waals surface area contributed by atoms with Gasteiger partial charge in [-0.25, -0.2) is 4.79 Å². The lowest BCUT2D eigenvalue weighted by molar-refractivity contribution is 0.219. The smallest absolute Gasteiger partial charge is 0.408 e. The average Bonchev–Trinajstić information content (AvgIpc) is 2.68. The zero-order chi connectivity index (χ0) is 13.9. The van der Waals surface area contributed by atoms with Gasteiger partial charge in [-0.3, -0.25) is 9.55 Å². The third-order valence-corrected chi connectivity index (χ3v) is 4.57. The van der Waals surface area contributed by atoms with Crippen LogP contribution in [0.15, 0.2) is 27.4 Å². The lowest BCUT2D eigenvalue weighted by Crippen LogP contribution is -1.99. The van der Waals surface area contributed by atoms with Crippen molar-refractivity contribution in [1.29, 1.82) is 0 Å². The average molecular weight is 285 g/mol. The summed E-state index contributed by atoms with van der Waals surface area (Å²) in [4.78, 5) is 13.6. The highest BCUT2D eigenvalue weighted by atomic mass is 31.2. The molecule has 0 aliphatic rings. The van der Waals surface area contributed by atoms with E-state index in [9.17, 15) is 9.36 Å². The van der Waals surface area contributed by atoms with Crippen LogP contribution in [0.5, 0.6) is 0 Å². The molecule has 2 rings (SSSR count). The Hall–Kier alpha value is -1.36. The minimum absolute atomic E-state index is 0.152. The number of H-pyrrole nitrogens is 1. The van der Waals surface area contributed by atoms with Crippen molar-refractivity contribution in [2.45, 2.75) is 20.0 Å². The van der Waals surface area contributed by atoms with Gasteiger partial charge in [0.15, 0.2) is 5.58 Å². The lowest BCUT2D eigenvalue weighted by atomic mass is 10.2. The molecule has 0 spiro atoms. The zero-order valence-corrected chi connectivity index (χ0v) is 11.7. The fraction of sp³-hybridized carbons (Fsp3) is 0.417. The highest BCUT2D eigenvalue weighted by Crippen LogP contribution is 2.51. The number of aromatic amines is 1. The van der Waals surface area contributed by atoms with Gasteiger partial charge < -0.3 is 13.5 Å². The molecule has 7 heteroatoms. The summed E-state index contributed by atoms with van der Waals surface area (Å²) in [6.07, 6.45) is 0.152.